The number of rotatable bonds is 8. The number of hydrogen-bond acceptors (Lipinski definition) is 11. The van der Waals surface area contributed by atoms with Gasteiger partial charge in [-0.2, -0.15) is 4.98 Å². The lowest BCUT2D eigenvalue weighted by atomic mass is 10.1. The Morgan fingerprint density at radius 3 is 2.50 bits per heavy atom. The summed E-state index contributed by atoms with van der Waals surface area (Å²) in [5.74, 6) is 4.84. The fourth-order valence-electron chi connectivity index (χ4n) is 4.49. The van der Waals surface area contributed by atoms with Crippen molar-refractivity contribution in [1.29, 1.82) is 0 Å². The fraction of sp³-hybridized carbons (Fsp3) is 0.500. The van der Waals surface area contributed by atoms with E-state index >= 15 is 0 Å². The summed E-state index contributed by atoms with van der Waals surface area (Å²) in [5, 5.41) is 6.84. The SMILES string of the molecule is COc1ccc(CCNc2ncnc3c(N4CC[S+]([O-])CC4)nc(N4CCNCC4)nc23)cc1OC. The molecule has 2 aromatic heterocycles. The zero-order valence-electron chi connectivity index (χ0n) is 20.7. The molecule has 2 aliphatic heterocycles. The number of fused-ring (bicyclic) bond motifs is 1. The largest absolute Gasteiger partial charge is 0.616 e. The summed E-state index contributed by atoms with van der Waals surface area (Å²) in [5.41, 5.74) is 2.54. The maximum atomic E-state index is 12.0. The minimum atomic E-state index is -0.775. The first kappa shape index (κ1) is 24.6. The molecular formula is C24H32N8O3S. The molecular weight excluding hydrogens is 480 g/mol. The topological polar surface area (TPSA) is 124 Å². The number of ether oxygens (including phenoxy) is 2. The third-order valence-corrected chi connectivity index (χ3v) is 7.76. The van der Waals surface area contributed by atoms with Crippen LogP contribution < -0.4 is 29.9 Å². The lowest BCUT2D eigenvalue weighted by Gasteiger charge is -2.32. The Labute approximate surface area is 213 Å². The number of aromatic nitrogens is 4. The Morgan fingerprint density at radius 2 is 1.75 bits per heavy atom. The molecule has 11 nitrogen and oxygen atoms in total. The highest BCUT2D eigenvalue weighted by molar-refractivity contribution is 7.91. The van der Waals surface area contributed by atoms with Crippen LogP contribution in [0.2, 0.25) is 0 Å². The highest BCUT2D eigenvalue weighted by atomic mass is 32.2. The Bertz CT molecular complexity index is 1190. The van der Waals surface area contributed by atoms with Crippen molar-refractivity contribution in [1.82, 2.24) is 25.3 Å². The number of nitrogens with zero attached hydrogens (tertiary/aromatic N) is 6. The summed E-state index contributed by atoms with van der Waals surface area (Å²) in [6.07, 6.45) is 2.33. The zero-order chi connectivity index (χ0) is 24.9. The maximum absolute atomic E-state index is 12.0. The molecule has 2 saturated heterocycles. The average molecular weight is 513 g/mol. The molecule has 0 amide bonds. The summed E-state index contributed by atoms with van der Waals surface area (Å²) < 4.78 is 22.7. The minimum absolute atomic E-state index is 0.635. The molecule has 192 valence electrons. The first-order chi connectivity index (χ1) is 17.7. The van der Waals surface area contributed by atoms with Crippen LogP contribution in [0.25, 0.3) is 11.0 Å². The number of piperazine rings is 1. The summed E-state index contributed by atoms with van der Waals surface area (Å²) in [4.78, 5) is 23.3. The van der Waals surface area contributed by atoms with Gasteiger partial charge in [0.2, 0.25) is 5.95 Å². The zero-order valence-corrected chi connectivity index (χ0v) is 21.5. The fourth-order valence-corrected chi connectivity index (χ4v) is 5.54. The molecule has 1 aromatic carbocycles. The molecule has 3 aromatic rings. The summed E-state index contributed by atoms with van der Waals surface area (Å²) in [6, 6.07) is 5.94. The first-order valence-corrected chi connectivity index (χ1v) is 13.7. The number of methoxy groups -OCH3 is 2. The van der Waals surface area contributed by atoms with E-state index in [1.54, 1.807) is 20.5 Å². The smallest absolute Gasteiger partial charge is 0.228 e. The number of anilines is 3. The van der Waals surface area contributed by atoms with Gasteiger partial charge in [0.05, 0.1) is 27.3 Å². The van der Waals surface area contributed by atoms with E-state index in [1.807, 2.05) is 18.2 Å². The summed E-state index contributed by atoms with van der Waals surface area (Å²) >= 11 is -0.775. The van der Waals surface area contributed by atoms with Crippen LogP contribution in [0.1, 0.15) is 5.56 Å². The molecule has 0 aliphatic carbocycles. The maximum Gasteiger partial charge on any atom is 0.228 e. The van der Waals surface area contributed by atoms with Crippen molar-refractivity contribution in [2.24, 2.45) is 0 Å². The van der Waals surface area contributed by atoms with Gasteiger partial charge < -0.3 is 34.5 Å². The molecule has 4 heterocycles. The van der Waals surface area contributed by atoms with Crippen LogP contribution in [-0.2, 0) is 17.6 Å². The first-order valence-electron chi connectivity index (χ1n) is 12.2. The second-order valence-electron chi connectivity index (χ2n) is 8.70. The van der Waals surface area contributed by atoms with Crippen LogP contribution in [0, 0.1) is 0 Å². The second-order valence-corrected chi connectivity index (χ2v) is 10.4. The highest BCUT2D eigenvalue weighted by Gasteiger charge is 2.26. The van der Waals surface area contributed by atoms with E-state index in [9.17, 15) is 4.55 Å². The van der Waals surface area contributed by atoms with Crippen LogP contribution in [0.15, 0.2) is 24.5 Å². The Hall–Kier alpha value is -3.09. The van der Waals surface area contributed by atoms with Crippen LogP contribution in [0.5, 0.6) is 11.5 Å². The van der Waals surface area contributed by atoms with Gasteiger partial charge in [-0.15, -0.1) is 0 Å². The quantitative estimate of drug-likeness (QED) is 0.421. The van der Waals surface area contributed by atoms with E-state index in [-0.39, 0.29) is 0 Å². The molecule has 36 heavy (non-hydrogen) atoms. The van der Waals surface area contributed by atoms with Gasteiger partial charge in [0.25, 0.3) is 0 Å². The van der Waals surface area contributed by atoms with Gasteiger partial charge in [0, 0.05) is 32.7 Å². The molecule has 2 N–H and O–H groups in total. The average Bonchev–Trinajstić information content (AvgIpc) is 2.93. The van der Waals surface area contributed by atoms with Crippen molar-refractivity contribution in [2.45, 2.75) is 6.42 Å². The van der Waals surface area contributed by atoms with Crippen LogP contribution in [0.4, 0.5) is 17.6 Å². The third-order valence-electron chi connectivity index (χ3n) is 6.48. The minimum Gasteiger partial charge on any atom is -0.616 e. The van der Waals surface area contributed by atoms with Crippen molar-refractivity contribution in [3.63, 3.8) is 0 Å². The second kappa shape index (κ2) is 11.3. The van der Waals surface area contributed by atoms with E-state index in [2.05, 4.69) is 30.4 Å². The molecule has 0 radical (unpaired) electrons. The van der Waals surface area contributed by atoms with Gasteiger partial charge >= 0.3 is 0 Å². The van der Waals surface area contributed by atoms with Gasteiger partial charge in [-0.1, -0.05) is 17.2 Å². The van der Waals surface area contributed by atoms with Crippen LogP contribution >= 0.6 is 0 Å². The molecule has 0 spiro atoms. The van der Waals surface area contributed by atoms with Crippen molar-refractivity contribution < 1.29 is 14.0 Å². The predicted molar refractivity (Wildman–Crippen MR) is 142 cm³/mol. The monoisotopic (exact) mass is 512 g/mol. The molecule has 12 heteroatoms. The summed E-state index contributed by atoms with van der Waals surface area (Å²) in [6.45, 7) is 5.49. The van der Waals surface area contributed by atoms with Gasteiger partial charge in [0.1, 0.15) is 28.9 Å². The number of benzene rings is 1. The lowest BCUT2D eigenvalue weighted by molar-refractivity contribution is 0.354. The van der Waals surface area contributed by atoms with E-state index in [4.69, 9.17) is 19.4 Å². The number of nitrogens with one attached hydrogen (secondary N) is 2. The van der Waals surface area contributed by atoms with Crippen LogP contribution in [-0.4, -0.2) is 96.0 Å². The standard InChI is InChI=1S/C24H32N8O3S/c1-34-18-4-3-17(15-19(18)35-2)5-6-26-22-20-21(27-16-28-22)23(31-11-13-36(33)14-12-31)30-24(29-20)32-9-7-25-8-10-32/h3-4,15-16,25H,5-14H2,1-2H3,(H,26,27,28). The molecule has 2 fully saturated rings. The molecule has 2 aliphatic rings. The predicted octanol–water partition coefficient (Wildman–Crippen LogP) is 1.07. The van der Waals surface area contributed by atoms with Crippen LogP contribution in [0.3, 0.4) is 0 Å². The molecule has 0 saturated carbocycles. The highest BCUT2D eigenvalue weighted by Crippen LogP contribution is 2.30. The van der Waals surface area contributed by atoms with Crippen molar-refractivity contribution in [3.05, 3.63) is 30.1 Å². The van der Waals surface area contributed by atoms with E-state index < -0.39 is 11.2 Å². The van der Waals surface area contributed by atoms with Crippen molar-refractivity contribution in [2.75, 3.05) is 86.7 Å². The summed E-state index contributed by atoms with van der Waals surface area (Å²) in [7, 11) is 3.27. The lowest BCUT2D eigenvalue weighted by Crippen LogP contribution is -2.45. The molecule has 5 rings (SSSR count). The third kappa shape index (κ3) is 5.35. The Kier molecular flexibility index (Phi) is 7.73. The molecule has 0 unspecified atom stereocenters. The molecule has 0 atom stereocenters. The van der Waals surface area contributed by atoms with Gasteiger partial charge in [0.15, 0.2) is 23.1 Å². The number of hydrogen-bond donors (Lipinski definition) is 2. The Balaban J connectivity index is 1.42. The van der Waals surface area contributed by atoms with Crippen molar-refractivity contribution >= 4 is 39.8 Å². The van der Waals surface area contributed by atoms with Gasteiger partial charge in [-0.05, 0) is 24.1 Å². The van der Waals surface area contributed by atoms with Gasteiger partial charge in [-0.3, -0.25) is 0 Å². The van der Waals surface area contributed by atoms with Gasteiger partial charge in [-0.25, -0.2) is 15.0 Å². The molecule has 0 bridgehead atoms. The van der Waals surface area contributed by atoms with Crippen molar-refractivity contribution in [3.8, 4) is 11.5 Å². The Morgan fingerprint density at radius 1 is 0.972 bits per heavy atom. The van der Waals surface area contributed by atoms with E-state index in [0.29, 0.717) is 65.4 Å². The normalized spacial score (nSPS) is 16.9. The van der Waals surface area contributed by atoms with E-state index in [0.717, 1.165) is 44.0 Å². The van der Waals surface area contributed by atoms with E-state index in [1.165, 1.54) is 0 Å².